The Kier molecular flexibility index (Phi) is 7.58. The molecule has 12 nitrogen and oxygen atoms in total. The van der Waals surface area contributed by atoms with Crippen molar-refractivity contribution in [1.29, 1.82) is 0 Å². The number of hydrogen-bond donors (Lipinski definition) is 2. The highest BCUT2D eigenvalue weighted by Gasteiger charge is 2.21. The highest BCUT2D eigenvalue weighted by Crippen LogP contribution is 2.34. The fourth-order valence-corrected chi connectivity index (χ4v) is 2.71. The van der Waals surface area contributed by atoms with Crippen molar-refractivity contribution in [2.75, 3.05) is 0 Å². The molecule has 172 valence electrons. The van der Waals surface area contributed by atoms with Gasteiger partial charge in [0.2, 0.25) is 5.75 Å². The fraction of sp³-hybridized carbons (Fsp3) is 0.0455. The molecule has 0 fully saturated rings. The maximum absolute atomic E-state index is 11.9. The van der Waals surface area contributed by atoms with E-state index in [1.807, 2.05) is 18.2 Å². The number of nitrogens with zero attached hydrogens (tertiary/aromatic N) is 3. The molecule has 0 atom stereocenters. The third-order valence-corrected chi connectivity index (χ3v) is 4.32. The first-order valence-electron chi connectivity index (χ1n) is 9.69. The number of benzene rings is 3. The number of carbonyl (C=O) groups excluding carboxylic acids is 2. The van der Waals surface area contributed by atoms with Gasteiger partial charge in [0.1, 0.15) is 5.75 Å². The molecule has 0 aromatic heterocycles. The van der Waals surface area contributed by atoms with E-state index in [2.05, 4.69) is 15.8 Å². The number of amides is 2. The average molecular weight is 463 g/mol. The van der Waals surface area contributed by atoms with E-state index >= 15 is 0 Å². The Labute approximate surface area is 192 Å². The third-order valence-electron chi connectivity index (χ3n) is 4.32. The summed E-state index contributed by atoms with van der Waals surface area (Å²) in [5, 5.41) is 28.3. The van der Waals surface area contributed by atoms with Crippen molar-refractivity contribution in [2.45, 2.75) is 6.54 Å². The lowest BCUT2D eigenvalue weighted by Gasteiger charge is -2.07. The van der Waals surface area contributed by atoms with E-state index in [0.717, 1.165) is 23.8 Å². The van der Waals surface area contributed by atoms with E-state index in [1.165, 1.54) is 18.3 Å². The molecule has 34 heavy (non-hydrogen) atoms. The molecule has 3 rings (SSSR count). The number of carbonyl (C=O) groups is 2. The maximum atomic E-state index is 11.9. The minimum Gasteiger partial charge on any atom is -0.450 e. The van der Waals surface area contributed by atoms with Crippen LogP contribution in [0.15, 0.2) is 77.9 Å². The quantitative estimate of drug-likeness (QED) is 0.224. The molecule has 0 unspecified atom stereocenters. The summed E-state index contributed by atoms with van der Waals surface area (Å²) in [7, 11) is 0. The Hall–Kier alpha value is -5.13. The van der Waals surface area contributed by atoms with Crippen LogP contribution in [0.25, 0.3) is 0 Å². The number of hydrogen-bond acceptors (Lipinski definition) is 8. The Bertz CT molecular complexity index is 1260. The van der Waals surface area contributed by atoms with Gasteiger partial charge in [-0.3, -0.25) is 29.8 Å². The lowest BCUT2D eigenvalue weighted by Crippen LogP contribution is -2.37. The van der Waals surface area contributed by atoms with Gasteiger partial charge in [-0.15, -0.1) is 0 Å². The van der Waals surface area contributed by atoms with Gasteiger partial charge in [-0.2, -0.15) is 5.10 Å². The number of nitro groups is 2. The second-order valence-electron chi connectivity index (χ2n) is 6.71. The first-order valence-corrected chi connectivity index (χ1v) is 9.69. The summed E-state index contributed by atoms with van der Waals surface area (Å²) in [6.45, 7) is 0.185. The van der Waals surface area contributed by atoms with Crippen LogP contribution in [0.3, 0.4) is 0 Å². The van der Waals surface area contributed by atoms with Gasteiger partial charge in [-0.25, -0.2) is 5.43 Å². The summed E-state index contributed by atoms with van der Waals surface area (Å²) < 4.78 is 5.51. The summed E-state index contributed by atoms with van der Waals surface area (Å²) in [4.78, 5) is 44.3. The Morgan fingerprint density at radius 2 is 1.68 bits per heavy atom. The first-order chi connectivity index (χ1) is 16.3. The number of non-ortho nitro benzene ring substituents is 1. The summed E-state index contributed by atoms with van der Waals surface area (Å²) in [5.41, 5.74) is 2.37. The van der Waals surface area contributed by atoms with E-state index in [0.29, 0.717) is 5.56 Å². The van der Waals surface area contributed by atoms with E-state index in [4.69, 9.17) is 4.74 Å². The van der Waals surface area contributed by atoms with Crippen LogP contribution in [0, 0.1) is 20.2 Å². The number of rotatable bonds is 8. The molecule has 2 N–H and O–H groups in total. The van der Waals surface area contributed by atoms with Crippen LogP contribution in [0.5, 0.6) is 11.5 Å². The standard InChI is InChI=1S/C22H17N5O7/c28-21(23-13-15-5-2-1-3-6-15)22(29)25-24-14-16-7-4-8-18(11-16)34-20-10-9-17(26(30)31)12-19(20)27(32)33/h1-12,14H,13H2,(H,23,28)(H,25,29)/b24-14+. The van der Waals surface area contributed by atoms with Crippen LogP contribution in [0.2, 0.25) is 0 Å². The van der Waals surface area contributed by atoms with Crippen molar-refractivity contribution in [1.82, 2.24) is 10.7 Å². The van der Waals surface area contributed by atoms with Gasteiger partial charge < -0.3 is 10.1 Å². The molecule has 0 aliphatic rings. The first kappa shape index (κ1) is 23.5. The van der Waals surface area contributed by atoms with Gasteiger partial charge in [0.25, 0.3) is 5.69 Å². The second-order valence-corrected chi connectivity index (χ2v) is 6.71. The lowest BCUT2D eigenvalue weighted by molar-refractivity contribution is -0.394. The summed E-state index contributed by atoms with van der Waals surface area (Å²) in [5.74, 6) is -1.81. The Balaban J connectivity index is 1.61. The number of nitro benzene ring substituents is 2. The van der Waals surface area contributed by atoms with Crippen molar-refractivity contribution >= 4 is 29.4 Å². The maximum Gasteiger partial charge on any atom is 0.329 e. The smallest absolute Gasteiger partial charge is 0.329 e. The molecule has 0 heterocycles. The lowest BCUT2D eigenvalue weighted by atomic mass is 10.2. The second kappa shape index (κ2) is 10.9. The van der Waals surface area contributed by atoms with E-state index in [9.17, 15) is 29.8 Å². The molecule has 0 aliphatic carbocycles. The predicted octanol–water partition coefficient (Wildman–Crippen LogP) is 3.06. The summed E-state index contributed by atoms with van der Waals surface area (Å²) >= 11 is 0. The van der Waals surface area contributed by atoms with Crippen LogP contribution in [-0.2, 0) is 16.1 Å². The monoisotopic (exact) mass is 463 g/mol. The van der Waals surface area contributed by atoms with Crippen molar-refractivity contribution in [3.05, 3.63) is 104 Å². The highest BCUT2D eigenvalue weighted by atomic mass is 16.6. The molecule has 3 aromatic carbocycles. The highest BCUT2D eigenvalue weighted by molar-refractivity contribution is 6.35. The molecule has 0 aliphatic heterocycles. The molecule has 2 amide bonds. The van der Waals surface area contributed by atoms with E-state index < -0.39 is 33.0 Å². The van der Waals surface area contributed by atoms with Crippen LogP contribution in [-0.4, -0.2) is 27.9 Å². The van der Waals surface area contributed by atoms with Crippen molar-refractivity contribution in [2.24, 2.45) is 5.10 Å². The molecule has 0 radical (unpaired) electrons. The predicted molar refractivity (Wildman–Crippen MR) is 120 cm³/mol. The van der Waals surface area contributed by atoms with Gasteiger partial charge in [0, 0.05) is 12.6 Å². The third kappa shape index (κ3) is 6.43. The van der Waals surface area contributed by atoms with Gasteiger partial charge in [0.05, 0.1) is 22.1 Å². The van der Waals surface area contributed by atoms with Crippen LogP contribution >= 0.6 is 0 Å². The van der Waals surface area contributed by atoms with Crippen LogP contribution < -0.4 is 15.5 Å². The molecule has 12 heteroatoms. The zero-order valence-electron chi connectivity index (χ0n) is 17.4. The summed E-state index contributed by atoms with van der Waals surface area (Å²) in [6, 6.07) is 18.2. The normalized spacial score (nSPS) is 10.5. The van der Waals surface area contributed by atoms with E-state index in [1.54, 1.807) is 24.3 Å². The Morgan fingerprint density at radius 1 is 0.912 bits per heavy atom. The SMILES string of the molecule is O=C(NCc1ccccc1)C(=O)N/N=C/c1cccc(Oc2ccc([N+](=O)[O-])cc2[N+](=O)[O-])c1. The topological polar surface area (TPSA) is 166 Å². The van der Waals surface area contributed by atoms with Gasteiger partial charge in [-0.1, -0.05) is 42.5 Å². The molecule has 3 aromatic rings. The average Bonchev–Trinajstić information content (AvgIpc) is 2.83. The van der Waals surface area contributed by atoms with Gasteiger partial charge >= 0.3 is 17.5 Å². The molecular weight excluding hydrogens is 446 g/mol. The minimum absolute atomic E-state index is 0.185. The van der Waals surface area contributed by atoms with Crippen molar-refractivity contribution in [3.63, 3.8) is 0 Å². The molecule has 0 saturated carbocycles. The van der Waals surface area contributed by atoms with Crippen LogP contribution in [0.4, 0.5) is 11.4 Å². The van der Waals surface area contributed by atoms with Gasteiger partial charge in [-0.05, 0) is 29.3 Å². The van der Waals surface area contributed by atoms with Crippen molar-refractivity contribution in [3.8, 4) is 11.5 Å². The van der Waals surface area contributed by atoms with E-state index in [-0.39, 0.29) is 18.0 Å². The minimum atomic E-state index is -0.957. The molecule has 0 bridgehead atoms. The molecule has 0 spiro atoms. The molecule has 0 saturated heterocycles. The largest absolute Gasteiger partial charge is 0.450 e. The summed E-state index contributed by atoms with van der Waals surface area (Å²) in [6.07, 6.45) is 1.25. The van der Waals surface area contributed by atoms with Gasteiger partial charge in [0.15, 0.2) is 0 Å². The van der Waals surface area contributed by atoms with Crippen LogP contribution in [0.1, 0.15) is 11.1 Å². The number of ether oxygens (including phenoxy) is 1. The molecular formula is C22H17N5O7. The van der Waals surface area contributed by atoms with Crippen molar-refractivity contribution < 1.29 is 24.2 Å². The number of nitrogens with one attached hydrogen (secondary N) is 2. The fourth-order valence-electron chi connectivity index (χ4n) is 2.71. The number of hydrazone groups is 1. The Morgan fingerprint density at radius 3 is 2.38 bits per heavy atom. The zero-order valence-corrected chi connectivity index (χ0v) is 17.4. The zero-order chi connectivity index (χ0) is 24.5.